The average molecular weight is 801 g/mol. The van der Waals surface area contributed by atoms with Crippen LogP contribution in [0.25, 0.3) is 5.69 Å². The Kier molecular flexibility index (Phi) is 10.2. The first-order chi connectivity index (χ1) is 21.6. The highest BCUT2D eigenvalue weighted by Crippen LogP contribution is 2.37. The smallest absolute Gasteiger partial charge is 0.312 e. The molecule has 2 aromatic heterocycles. The molecule has 0 fully saturated rings. The second-order valence-corrected chi connectivity index (χ2v) is 12.5. The fourth-order valence-electron chi connectivity index (χ4n) is 4.46. The number of nitrogens with zero attached hydrogens (tertiary/aromatic N) is 3. The van der Waals surface area contributed by atoms with Crippen LogP contribution < -0.4 is 14.9 Å². The Morgan fingerprint density at radius 1 is 0.933 bits per heavy atom. The molecule has 0 aliphatic heterocycles. The third-order valence-electron chi connectivity index (χ3n) is 6.64. The summed E-state index contributed by atoms with van der Waals surface area (Å²) in [5, 5.41) is 15.7. The maximum atomic E-state index is 12.6. The van der Waals surface area contributed by atoms with Crippen LogP contribution in [0.5, 0.6) is 11.5 Å². The third kappa shape index (κ3) is 7.91. The lowest BCUT2D eigenvalue weighted by atomic mass is 10.2. The predicted molar refractivity (Wildman–Crippen MR) is 180 cm³/mol. The molecule has 0 unspecified atom stereocenters. The molecule has 0 aliphatic carbocycles. The molecule has 0 saturated carbocycles. The first kappa shape index (κ1) is 32.2. The molecular formula is C32H25Br3N4O6. The highest BCUT2D eigenvalue weighted by atomic mass is 79.9. The van der Waals surface area contributed by atoms with Crippen LogP contribution in [0.15, 0.2) is 102 Å². The van der Waals surface area contributed by atoms with Crippen LogP contribution in [0.3, 0.4) is 0 Å². The number of nitro benzene ring substituents is 1. The van der Waals surface area contributed by atoms with Gasteiger partial charge in [-0.25, -0.2) is 5.43 Å². The molecule has 5 rings (SSSR count). The van der Waals surface area contributed by atoms with Gasteiger partial charge in [-0.05, 0) is 96.5 Å². The third-order valence-corrected chi connectivity index (χ3v) is 8.46. The lowest BCUT2D eigenvalue weighted by Crippen LogP contribution is -2.16. The highest BCUT2D eigenvalue weighted by molar-refractivity contribution is 9.11. The van der Waals surface area contributed by atoms with E-state index < -0.39 is 10.8 Å². The van der Waals surface area contributed by atoms with E-state index in [-0.39, 0.29) is 30.4 Å². The number of nitro groups is 1. The quantitative estimate of drug-likeness (QED) is 0.0810. The molecule has 0 spiro atoms. The molecule has 0 aliphatic rings. The number of hydrazone groups is 1. The molecule has 0 atom stereocenters. The van der Waals surface area contributed by atoms with Crippen LogP contribution in [0.4, 0.5) is 5.69 Å². The number of carbonyl (C=O) groups excluding carboxylic acids is 1. The summed E-state index contributed by atoms with van der Waals surface area (Å²) in [7, 11) is 0. The number of benzene rings is 3. The van der Waals surface area contributed by atoms with Crippen molar-refractivity contribution in [2.45, 2.75) is 27.1 Å². The molecule has 10 nitrogen and oxygen atoms in total. The second-order valence-electron chi connectivity index (χ2n) is 9.83. The van der Waals surface area contributed by atoms with Crippen molar-refractivity contribution in [3.05, 3.63) is 136 Å². The summed E-state index contributed by atoms with van der Waals surface area (Å²) in [4.78, 5) is 23.8. The Balaban J connectivity index is 1.17. The van der Waals surface area contributed by atoms with Crippen molar-refractivity contribution in [2.75, 3.05) is 0 Å². The molecule has 1 amide bonds. The number of hydrogen-bond donors (Lipinski definition) is 1. The van der Waals surface area contributed by atoms with Gasteiger partial charge in [-0.1, -0.05) is 37.9 Å². The van der Waals surface area contributed by atoms with Gasteiger partial charge in [0.2, 0.25) is 5.75 Å². The molecule has 3 aromatic carbocycles. The van der Waals surface area contributed by atoms with E-state index in [1.807, 2.05) is 42.5 Å². The van der Waals surface area contributed by atoms with Crippen LogP contribution in [0.1, 0.15) is 38.8 Å². The molecule has 2 heterocycles. The number of aryl methyl sites for hydroxylation is 2. The Hall–Kier alpha value is -4.20. The Bertz CT molecular complexity index is 1880. The molecule has 230 valence electrons. The lowest BCUT2D eigenvalue weighted by molar-refractivity contribution is -0.386. The second kappa shape index (κ2) is 14.3. The van der Waals surface area contributed by atoms with E-state index in [4.69, 9.17) is 13.9 Å². The number of furan rings is 1. The summed E-state index contributed by atoms with van der Waals surface area (Å²) in [5.41, 5.74) is 6.62. The van der Waals surface area contributed by atoms with Crippen LogP contribution in [0, 0.1) is 24.0 Å². The first-order valence-electron chi connectivity index (χ1n) is 13.4. The summed E-state index contributed by atoms with van der Waals surface area (Å²) in [6, 6.07) is 23.5. The van der Waals surface area contributed by atoms with Gasteiger partial charge in [0.05, 0.1) is 15.6 Å². The summed E-state index contributed by atoms with van der Waals surface area (Å²) in [6.07, 6.45) is 1.29. The predicted octanol–water partition coefficient (Wildman–Crippen LogP) is 8.80. The lowest BCUT2D eigenvalue weighted by Gasteiger charge is -2.11. The van der Waals surface area contributed by atoms with Crippen molar-refractivity contribution in [3.8, 4) is 17.2 Å². The van der Waals surface area contributed by atoms with Crippen LogP contribution in [-0.2, 0) is 13.2 Å². The van der Waals surface area contributed by atoms with Crippen molar-refractivity contribution in [1.82, 2.24) is 9.99 Å². The SMILES string of the molecule is Cc1ccc(C)n1-c1ccc(OCc2ccc(C(=O)N/N=C/c3cc(Br)c(OCc4ccc(Br)cc4Br)c([N+](=O)[O-])c3)o2)cc1. The van der Waals surface area contributed by atoms with Gasteiger partial charge >= 0.3 is 11.6 Å². The average Bonchev–Trinajstić information content (AvgIpc) is 3.62. The zero-order chi connectivity index (χ0) is 32.1. The van der Waals surface area contributed by atoms with Crippen LogP contribution in [-0.4, -0.2) is 21.6 Å². The van der Waals surface area contributed by atoms with E-state index in [0.717, 1.165) is 31.6 Å². The standard InChI is InChI=1S/C32H25Br3N4O6/c1-19-3-4-20(2)38(19)24-7-9-25(10-8-24)43-18-26-11-12-30(45-26)32(40)37-36-16-21-13-28(35)31(29(14-21)39(41)42)44-17-22-5-6-23(33)15-27(22)34/h3-16H,17-18H2,1-2H3,(H,37,40)/b36-16+. The number of carbonyl (C=O) groups is 1. The number of nitrogens with one attached hydrogen (secondary N) is 1. The van der Waals surface area contributed by atoms with Gasteiger partial charge in [-0.3, -0.25) is 14.9 Å². The van der Waals surface area contributed by atoms with Gasteiger partial charge in [0.25, 0.3) is 0 Å². The van der Waals surface area contributed by atoms with Crippen molar-refractivity contribution >= 4 is 65.6 Å². The van der Waals surface area contributed by atoms with E-state index in [9.17, 15) is 14.9 Å². The summed E-state index contributed by atoms with van der Waals surface area (Å²) in [5.74, 6) is 0.632. The molecule has 45 heavy (non-hydrogen) atoms. The number of aromatic nitrogens is 1. The van der Waals surface area contributed by atoms with E-state index in [0.29, 0.717) is 21.5 Å². The molecule has 1 N–H and O–H groups in total. The molecule has 0 radical (unpaired) electrons. The number of amides is 1. The van der Waals surface area contributed by atoms with Crippen molar-refractivity contribution in [1.29, 1.82) is 0 Å². The fourth-order valence-corrected chi connectivity index (χ4v) is 6.20. The van der Waals surface area contributed by atoms with E-state index in [1.54, 1.807) is 12.1 Å². The highest BCUT2D eigenvalue weighted by Gasteiger charge is 2.21. The Morgan fingerprint density at radius 3 is 2.36 bits per heavy atom. The van der Waals surface area contributed by atoms with E-state index in [2.05, 4.69) is 88.9 Å². The molecule has 0 bridgehead atoms. The monoisotopic (exact) mass is 798 g/mol. The first-order valence-corrected chi connectivity index (χ1v) is 15.8. The van der Waals surface area contributed by atoms with Crippen molar-refractivity contribution in [2.24, 2.45) is 5.10 Å². The molecular weight excluding hydrogens is 776 g/mol. The maximum Gasteiger partial charge on any atom is 0.312 e. The summed E-state index contributed by atoms with van der Waals surface area (Å²) < 4.78 is 21.4. The minimum absolute atomic E-state index is 0.0367. The van der Waals surface area contributed by atoms with Gasteiger partial charge in [0.1, 0.15) is 24.7 Å². The van der Waals surface area contributed by atoms with Crippen LogP contribution >= 0.6 is 47.8 Å². The zero-order valence-electron chi connectivity index (χ0n) is 23.9. The summed E-state index contributed by atoms with van der Waals surface area (Å²) >= 11 is 10.2. The van der Waals surface area contributed by atoms with Gasteiger partial charge < -0.3 is 18.5 Å². The van der Waals surface area contributed by atoms with E-state index in [1.165, 1.54) is 18.3 Å². The molecule has 13 heteroatoms. The zero-order valence-corrected chi connectivity index (χ0v) is 28.7. The molecule has 5 aromatic rings. The number of hydrogen-bond acceptors (Lipinski definition) is 7. The topological polar surface area (TPSA) is 121 Å². The molecule has 0 saturated heterocycles. The van der Waals surface area contributed by atoms with Crippen molar-refractivity contribution < 1.29 is 23.6 Å². The number of rotatable bonds is 11. The minimum Gasteiger partial charge on any atom is -0.486 e. The number of halogens is 3. The van der Waals surface area contributed by atoms with Crippen molar-refractivity contribution in [3.63, 3.8) is 0 Å². The van der Waals surface area contributed by atoms with E-state index >= 15 is 0 Å². The minimum atomic E-state index is -0.590. The van der Waals surface area contributed by atoms with Gasteiger partial charge in [-0.15, -0.1) is 0 Å². The van der Waals surface area contributed by atoms with Crippen LogP contribution in [0.2, 0.25) is 0 Å². The fraction of sp³-hybridized carbons (Fsp3) is 0.125. The van der Waals surface area contributed by atoms with Gasteiger partial charge in [0.15, 0.2) is 5.76 Å². The van der Waals surface area contributed by atoms with Gasteiger partial charge in [-0.2, -0.15) is 5.10 Å². The maximum absolute atomic E-state index is 12.6. The Labute approximate surface area is 283 Å². The Morgan fingerprint density at radius 2 is 1.67 bits per heavy atom. The number of ether oxygens (including phenoxy) is 2. The normalized spacial score (nSPS) is 11.1. The largest absolute Gasteiger partial charge is 0.486 e. The summed E-state index contributed by atoms with van der Waals surface area (Å²) in [6.45, 7) is 4.34. The van der Waals surface area contributed by atoms with Gasteiger partial charge in [0, 0.05) is 43.2 Å².